The normalized spacial score (nSPS) is 11.3. The zero-order valence-corrected chi connectivity index (χ0v) is 20.1. The molecule has 0 aliphatic rings. The largest absolute Gasteiger partial charge is 0.310 e. The standard InChI is InChI=1S/C27H32N6O/c1-4-5-8-23-16-15-22(17-28-19(2)3)27(34)33(23)18-20-11-13-21(14-12-20)24-9-6-7-10-25(24)26-29-31-32-30-26/h6-7,9-16,19,28H,4-5,8,17-18H2,1-3H3,(H,29,30,31,32). The van der Waals surface area contributed by atoms with E-state index in [2.05, 4.69) is 83.1 Å². The van der Waals surface area contributed by atoms with Crippen LogP contribution in [0.15, 0.2) is 65.5 Å². The molecule has 0 saturated heterocycles. The molecule has 0 aliphatic carbocycles. The lowest BCUT2D eigenvalue weighted by Crippen LogP contribution is -2.31. The predicted octanol–water partition coefficient (Wildman–Crippen LogP) is 4.58. The van der Waals surface area contributed by atoms with Crippen LogP contribution in [0.4, 0.5) is 0 Å². The van der Waals surface area contributed by atoms with Crippen LogP contribution in [0.1, 0.15) is 50.4 Å². The number of benzene rings is 2. The van der Waals surface area contributed by atoms with Gasteiger partial charge in [0, 0.05) is 29.4 Å². The van der Waals surface area contributed by atoms with Gasteiger partial charge in [0.25, 0.3) is 5.56 Å². The molecule has 176 valence electrons. The molecule has 2 aromatic heterocycles. The first kappa shape index (κ1) is 23.6. The first-order chi connectivity index (χ1) is 16.6. The minimum Gasteiger partial charge on any atom is -0.310 e. The molecule has 0 unspecified atom stereocenters. The van der Waals surface area contributed by atoms with Crippen LogP contribution in [0.3, 0.4) is 0 Å². The van der Waals surface area contributed by atoms with E-state index < -0.39 is 0 Å². The molecule has 0 fully saturated rings. The summed E-state index contributed by atoms with van der Waals surface area (Å²) in [6.07, 6.45) is 3.06. The molecule has 7 heteroatoms. The molecule has 0 atom stereocenters. The van der Waals surface area contributed by atoms with Crippen LogP contribution in [-0.2, 0) is 19.5 Å². The molecule has 0 saturated carbocycles. The number of nitrogens with zero attached hydrogens (tertiary/aromatic N) is 4. The number of pyridine rings is 1. The third kappa shape index (κ3) is 5.48. The van der Waals surface area contributed by atoms with E-state index in [-0.39, 0.29) is 5.56 Å². The van der Waals surface area contributed by atoms with E-state index in [1.807, 2.05) is 28.8 Å². The minimum atomic E-state index is 0.0917. The molecule has 0 bridgehead atoms. The van der Waals surface area contributed by atoms with Gasteiger partial charge in [-0.3, -0.25) is 4.79 Å². The van der Waals surface area contributed by atoms with Crippen molar-refractivity contribution in [3.63, 3.8) is 0 Å². The SMILES string of the molecule is CCCCc1ccc(CNC(C)C)c(=O)n1Cc1ccc(-c2ccccc2-c2nnn[nH]2)cc1. The fourth-order valence-corrected chi connectivity index (χ4v) is 4.05. The highest BCUT2D eigenvalue weighted by molar-refractivity contribution is 5.80. The van der Waals surface area contributed by atoms with Crippen molar-refractivity contribution < 1.29 is 0 Å². The highest BCUT2D eigenvalue weighted by Gasteiger charge is 2.12. The van der Waals surface area contributed by atoms with Crippen molar-refractivity contribution in [2.75, 3.05) is 0 Å². The van der Waals surface area contributed by atoms with Gasteiger partial charge >= 0.3 is 0 Å². The minimum absolute atomic E-state index is 0.0917. The maximum atomic E-state index is 13.3. The number of unbranched alkanes of at least 4 members (excludes halogenated alkanes) is 1. The summed E-state index contributed by atoms with van der Waals surface area (Å²) < 4.78 is 1.94. The highest BCUT2D eigenvalue weighted by Crippen LogP contribution is 2.29. The van der Waals surface area contributed by atoms with Crippen LogP contribution in [0.2, 0.25) is 0 Å². The van der Waals surface area contributed by atoms with E-state index in [0.29, 0.717) is 25.0 Å². The third-order valence-corrected chi connectivity index (χ3v) is 5.96. The molecule has 0 radical (unpaired) electrons. The number of tetrazole rings is 1. The lowest BCUT2D eigenvalue weighted by atomic mass is 9.98. The summed E-state index contributed by atoms with van der Waals surface area (Å²) in [5.74, 6) is 0.638. The molecule has 0 spiro atoms. The van der Waals surface area contributed by atoms with Gasteiger partial charge in [-0.05, 0) is 46.0 Å². The zero-order chi connectivity index (χ0) is 23.9. The summed E-state index contributed by atoms with van der Waals surface area (Å²) in [7, 11) is 0. The molecule has 4 rings (SSSR count). The Hall–Kier alpha value is -3.58. The van der Waals surface area contributed by atoms with Gasteiger partial charge in [-0.15, -0.1) is 5.10 Å². The topological polar surface area (TPSA) is 88.5 Å². The van der Waals surface area contributed by atoms with Crippen LogP contribution in [0.5, 0.6) is 0 Å². The first-order valence-electron chi connectivity index (χ1n) is 11.9. The predicted molar refractivity (Wildman–Crippen MR) is 135 cm³/mol. The van der Waals surface area contributed by atoms with E-state index in [0.717, 1.165) is 52.8 Å². The fraction of sp³-hybridized carbons (Fsp3) is 0.333. The summed E-state index contributed by atoms with van der Waals surface area (Å²) in [4.78, 5) is 13.3. The fourth-order valence-electron chi connectivity index (χ4n) is 4.05. The Morgan fingerprint density at radius 2 is 1.76 bits per heavy atom. The average Bonchev–Trinajstić information content (AvgIpc) is 3.39. The van der Waals surface area contributed by atoms with Crippen LogP contribution < -0.4 is 10.9 Å². The van der Waals surface area contributed by atoms with Crippen LogP contribution in [0, 0.1) is 0 Å². The Balaban J connectivity index is 1.62. The van der Waals surface area contributed by atoms with Crippen molar-refractivity contribution in [2.45, 2.75) is 59.2 Å². The van der Waals surface area contributed by atoms with Gasteiger partial charge in [0.2, 0.25) is 0 Å². The number of H-pyrrole nitrogens is 1. The van der Waals surface area contributed by atoms with Crippen molar-refractivity contribution in [1.82, 2.24) is 30.5 Å². The number of aromatic amines is 1. The van der Waals surface area contributed by atoms with Crippen molar-refractivity contribution >= 4 is 0 Å². The van der Waals surface area contributed by atoms with Crippen LogP contribution >= 0.6 is 0 Å². The van der Waals surface area contributed by atoms with Crippen molar-refractivity contribution in [3.8, 4) is 22.5 Å². The maximum Gasteiger partial charge on any atom is 0.255 e. The van der Waals surface area contributed by atoms with Gasteiger partial charge in [-0.2, -0.15) is 0 Å². The number of hydrogen-bond donors (Lipinski definition) is 2. The summed E-state index contributed by atoms with van der Waals surface area (Å²) in [6.45, 7) is 7.49. The Morgan fingerprint density at radius 1 is 1.00 bits per heavy atom. The molecule has 4 aromatic rings. The van der Waals surface area contributed by atoms with Crippen molar-refractivity contribution in [2.24, 2.45) is 0 Å². The molecule has 0 amide bonds. The van der Waals surface area contributed by atoms with E-state index in [1.165, 1.54) is 0 Å². The van der Waals surface area contributed by atoms with Gasteiger partial charge < -0.3 is 9.88 Å². The van der Waals surface area contributed by atoms with Gasteiger partial charge in [-0.1, -0.05) is 81.8 Å². The number of rotatable bonds is 10. The second-order valence-electron chi connectivity index (χ2n) is 8.87. The Kier molecular flexibility index (Phi) is 7.65. The number of nitrogens with one attached hydrogen (secondary N) is 2. The van der Waals surface area contributed by atoms with Crippen molar-refractivity contribution in [3.05, 3.63) is 87.8 Å². The molecular weight excluding hydrogens is 424 g/mol. The molecule has 34 heavy (non-hydrogen) atoms. The summed E-state index contributed by atoms with van der Waals surface area (Å²) in [6, 6.07) is 20.9. The van der Waals surface area contributed by atoms with Crippen LogP contribution in [0.25, 0.3) is 22.5 Å². The molecular formula is C27H32N6O. The molecule has 2 heterocycles. The summed E-state index contributed by atoms with van der Waals surface area (Å²) in [5.41, 5.74) is 6.15. The summed E-state index contributed by atoms with van der Waals surface area (Å²) in [5, 5.41) is 17.7. The molecule has 2 aromatic carbocycles. The molecule has 0 aliphatic heterocycles. The number of aromatic nitrogens is 5. The Labute approximate surface area is 200 Å². The summed E-state index contributed by atoms with van der Waals surface area (Å²) >= 11 is 0. The van der Waals surface area contributed by atoms with E-state index in [4.69, 9.17) is 0 Å². The number of hydrogen-bond acceptors (Lipinski definition) is 5. The second-order valence-corrected chi connectivity index (χ2v) is 8.87. The van der Waals surface area contributed by atoms with Gasteiger partial charge in [0.15, 0.2) is 5.82 Å². The number of aryl methyl sites for hydroxylation is 1. The monoisotopic (exact) mass is 456 g/mol. The van der Waals surface area contributed by atoms with Gasteiger partial charge in [-0.25, -0.2) is 5.10 Å². The Bertz CT molecular complexity index is 1260. The highest BCUT2D eigenvalue weighted by atomic mass is 16.1. The molecule has 2 N–H and O–H groups in total. The van der Waals surface area contributed by atoms with E-state index >= 15 is 0 Å². The Morgan fingerprint density at radius 3 is 2.44 bits per heavy atom. The van der Waals surface area contributed by atoms with Crippen molar-refractivity contribution in [1.29, 1.82) is 0 Å². The first-order valence-corrected chi connectivity index (χ1v) is 11.9. The van der Waals surface area contributed by atoms with Gasteiger partial charge in [0.1, 0.15) is 0 Å². The van der Waals surface area contributed by atoms with E-state index in [1.54, 1.807) is 0 Å². The van der Waals surface area contributed by atoms with Gasteiger partial charge in [0.05, 0.1) is 6.54 Å². The second kappa shape index (κ2) is 11.0. The van der Waals surface area contributed by atoms with Crippen LogP contribution in [-0.4, -0.2) is 31.2 Å². The lowest BCUT2D eigenvalue weighted by molar-refractivity contribution is 0.577. The smallest absolute Gasteiger partial charge is 0.255 e. The third-order valence-electron chi connectivity index (χ3n) is 5.96. The maximum absolute atomic E-state index is 13.3. The quantitative estimate of drug-likeness (QED) is 0.365. The average molecular weight is 457 g/mol. The lowest BCUT2D eigenvalue weighted by Gasteiger charge is -2.16. The zero-order valence-electron chi connectivity index (χ0n) is 20.1. The molecule has 7 nitrogen and oxygen atoms in total. The van der Waals surface area contributed by atoms with E-state index in [9.17, 15) is 4.79 Å².